The van der Waals surface area contributed by atoms with Crippen LogP contribution in [-0.2, 0) is 16.0 Å². The van der Waals surface area contributed by atoms with E-state index in [1.165, 1.54) is 5.56 Å². The number of aliphatic hydroxyl groups excluding tert-OH is 1. The predicted octanol–water partition coefficient (Wildman–Crippen LogP) is 2.27. The minimum absolute atomic E-state index is 0.151. The van der Waals surface area contributed by atoms with Crippen LogP contribution >= 0.6 is 0 Å². The third kappa shape index (κ3) is 7.01. The maximum Gasteiger partial charge on any atom is 0.158 e. The molecule has 0 fully saturated rings. The van der Waals surface area contributed by atoms with Gasteiger partial charge in [0.2, 0.25) is 0 Å². The summed E-state index contributed by atoms with van der Waals surface area (Å²) in [4.78, 5) is 2.22. The molecule has 0 amide bonds. The molecule has 0 unspecified atom stereocenters. The summed E-state index contributed by atoms with van der Waals surface area (Å²) in [6, 6.07) is 10.3. The molecule has 0 aliphatic heterocycles. The van der Waals surface area contributed by atoms with E-state index in [1.807, 2.05) is 32.0 Å². The average Bonchev–Trinajstić information content (AvgIpc) is 2.46. The molecule has 1 aromatic rings. The Morgan fingerprint density at radius 1 is 1.05 bits per heavy atom. The smallest absolute Gasteiger partial charge is 0.158 e. The molecule has 0 aromatic heterocycles. The molecule has 0 bridgehead atoms. The summed E-state index contributed by atoms with van der Waals surface area (Å²) in [5.41, 5.74) is 1.25. The van der Waals surface area contributed by atoms with Crippen LogP contribution in [0.5, 0.6) is 0 Å². The van der Waals surface area contributed by atoms with Crippen molar-refractivity contribution < 1.29 is 14.6 Å². The average molecular weight is 281 g/mol. The van der Waals surface area contributed by atoms with Gasteiger partial charge in [-0.15, -0.1) is 0 Å². The maximum atomic E-state index is 9.18. The van der Waals surface area contributed by atoms with Gasteiger partial charge in [0.05, 0.1) is 6.61 Å². The van der Waals surface area contributed by atoms with Crippen LogP contribution in [-0.4, -0.2) is 49.2 Å². The molecule has 114 valence electrons. The van der Waals surface area contributed by atoms with Gasteiger partial charge in [0.15, 0.2) is 6.29 Å². The van der Waals surface area contributed by atoms with Gasteiger partial charge in [-0.2, -0.15) is 0 Å². The van der Waals surface area contributed by atoms with Crippen LogP contribution in [0.15, 0.2) is 30.3 Å². The van der Waals surface area contributed by atoms with Gasteiger partial charge in [-0.25, -0.2) is 0 Å². The molecular weight excluding hydrogens is 254 g/mol. The Balaban J connectivity index is 2.45. The first-order chi connectivity index (χ1) is 9.80. The quantitative estimate of drug-likeness (QED) is 0.632. The van der Waals surface area contributed by atoms with Crippen molar-refractivity contribution in [3.63, 3.8) is 0 Å². The molecular formula is C16H27NO3. The fourth-order valence-corrected chi connectivity index (χ4v) is 2.13. The zero-order valence-corrected chi connectivity index (χ0v) is 12.6. The number of nitrogens with zero attached hydrogens (tertiary/aromatic N) is 1. The minimum atomic E-state index is -0.151. The molecule has 20 heavy (non-hydrogen) atoms. The summed E-state index contributed by atoms with van der Waals surface area (Å²) < 4.78 is 11.1. The van der Waals surface area contributed by atoms with Crippen LogP contribution in [0.25, 0.3) is 0 Å². The molecule has 0 saturated carbocycles. The third-order valence-corrected chi connectivity index (χ3v) is 3.05. The Hall–Kier alpha value is -0.940. The van der Waals surface area contributed by atoms with Gasteiger partial charge in [0.25, 0.3) is 0 Å². The molecule has 1 aromatic carbocycles. The van der Waals surface area contributed by atoms with Crippen molar-refractivity contribution in [3.8, 4) is 0 Å². The van der Waals surface area contributed by atoms with E-state index in [9.17, 15) is 5.11 Å². The van der Waals surface area contributed by atoms with Gasteiger partial charge in [-0.3, -0.25) is 4.90 Å². The van der Waals surface area contributed by atoms with Gasteiger partial charge in [0.1, 0.15) is 0 Å². The summed E-state index contributed by atoms with van der Waals surface area (Å²) in [7, 11) is 0. The lowest BCUT2D eigenvalue weighted by Crippen LogP contribution is -2.31. The molecule has 0 radical (unpaired) electrons. The number of hydrogen-bond acceptors (Lipinski definition) is 4. The Kier molecular flexibility index (Phi) is 9.24. The van der Waals surface area contributed by atoms with E-state index in [1.54, 1.807) is 0 Å². The lowest BCUT2D eigenvalue weighted by atomic mass is 10.2. The first kappa shape index (κ1) is 17.1. The zero-order chi connectivity index (χ0) is 14.6. The highest BCUT2D eigenvalue weighted by molar-refractivity contribution is 5.14. The Morgan fingerprint density at radius 2 is 1.70 bits per heavy atom. The highest BCUT2D eigenvalue weighted by atomic mass is 16.7. The number of aliphatic hydroxyl groups is 1. The van der Waals surface area contributed by atoms with E-state index < -0.39 is 0 Å². The lowest BCUT2D eigenvalue weighted by Gasteiger charge is -2.24. The fourth-order valence-electron chi connectivity index (χ4n) is 2.13. The number of rotatable bonds is 11. The van der Waals surface area contributed by atoms with Crippen LogP contribution in [0, 0.1) is 0 Å². The van der Waals surface area contributed by atoms with E-state index >= 15 is 0 Å². The Labute approximate surface area is 122 Å². The second-order valence-corrected chi connectivity index (χ2v) is 4.61. The fraction of sp³-hybridized carbons (Fsp3) is 0.625. The SMILES string of the molecule is CCOC(CCN(CCO)Cc1ccccc1)OCC. The van der Waals surface area contributed by atoms with Crippen LogP contribution in [0.3, 0.4) is 0 Å². The van der Waals surface area contributed by atoms with Crippen molar-refractivity contribution in [2.75, 3.05) is 32.9 Å². The van der Waals surface area contributed by atoms with Crippen LogP contribution in [0.2, 0.25) is 0 Å². The first-order valence-corrected chi connectivity index (χ1v) is 7.40. The van der Waals surface area contributed by atoms with Crippen molar-refractivity contribution >= 4 is 0 Å². The summed E-state index contributed by atoms with van der Waals surface area (Å²) >= 11 is 0. The molecule has 0 spiro atoms. The van der Waals surface area contributed by atoms with E-state index in [-0.39, 0.29) is 12.9 Å². The molecule has 4 nitrogen and oxygen atoms in total. The molecule has 1 N–H and O–H groups in total. The van der Waals surface area contributed by atoms with Gasteiger partial charge in [0, 0.05) is 39.3 Å². The van der Waals surface area contributed by atoms with Crippen LogP contribution in [0.1, 0.15) is 25.8 Å². The third-order valence-electron chi connectivity index (χ3n) is 3.05. The first-order valence-electron chi connectivity index (χ1n) is 7.40. The molecule has 0 saturated heterocycles. The van der Waals surface area contributed by atoms with Crippen molar-refractivity contribution in [2.24, 2.45) is 0 Å². The summed E-state index contributed by atoms with van der Waals surface area (Å²) in [6.07, 6.45) is 0.663. The highest BCUT2D eigenvalue weighted by Crippen LogP contribution is 2.08. The van der Waals surface area contributed by atoms with Crippen LogP contribution in [0.4, 0.5) is 0 Å². The Bertz CT molecular complexity index is 326. The lowest BCUT2D eigenvalue weighted by molar-refractivity contribution is -0.142. The van der Waals surface area contributed by atoms with Gasteiger partial charge >= 0.3 is 0 Å². The predicted molar refractivity (Wildman–Crippen MR) is 80.5 cm³/mol. The Morgan fingerprint density at radius 3 is 2.25 bits per heavy atom. The second-order valence-electron chi connectivity index (χ2n) is 4.61. The van der Waals surface area contributed by atoms with Crippen LogP contribution < -0.4 is 0 Å². The normalized spacial score (nSPS) is 11.4. The van der Waals surface area contributed by atoms with E-state index in [0.717, 1.165) is 19.5 Å². The van der Waals surface area contributed by atoms with Crippen molar-refractivity contribution in [1.29, 1.82) is 0 Å². The summed E-state index contributed by atoms with van der Waals surface area (Å²) in [5, 5.41) is 9.18. The molecule has 0 aliphatic rings. The van der Waals surface area contributed by atoms with Gasteiger partial charge in [-0.1, -0.05) is 30.3 Å². The zero-order valence-electron chi connectivity index (χ0n) is 12.6. The van der Waals surface area contributed by atoms with Crippen molar-refractivity contribution in [1.82, 2.24) is 4.90 Å². The molecule has 0 atom stereocenters. The molecule has 1 rings (SSSR count). The molecule has 0 aliphatic carbocycles. The monoisotopic (exact) mass is 281 g/mol. The standard InChI is InChI=1S/C16H27NO3/c1-3-19-16(20-4-2)10-11-17(12-13-18)14-15-8-6-5-7-9-15/h5-9,16,18H,3-4,10-14H2,1-2H3. The summed E-state index contributed by atoms with van der Waals surface area (Å²) in [5.74, 6) is 0. The van der Waals surface area contributed by atoms with E-state index in [2.05, 4.69) is 17.0 Å². The number of ether oxygens (including phenoxy) is 2. The highest BCUT2D eigenvalue weighted by Gasteiger charge is 2.12. The van der Waals surface area contributed by atoms with Gasteiger partial charge in [-0.05, 0) is 19.4 Å². The molecule has 0 heterocycles. The number of benzene rings is 1. The second kappa shape index (κ2) is 10.8. The maximum absolute atomic E-state index is 9.18. The summed E-state index contributed by atoms with van der Waals surface area (Å²) in [6.45, 7) is 7.78. The topological polar surface area (TPSA) is 41.9 Å². The minimum Gasteiger partial charge on any atom is -0.395 e. The van der Waals surface area contributed by atoms with Crippen molar-refractivity contribution in [2.45, 2.75) is 33.1 Å². The van der Waals surface area contributed by atoms with E-state index in [4.69, 9.17) is 9.47 Å². The molecule has 4 heteroatoms. The number of hydrogen-bond donors (Lipinski definition) is 1. The van der Waals surface area contributed by atoms with E-state index in [0.29, 0.717) is 19.8 Å². The van der Waals surface area contributed by atoms with Gasteiger partial charge < -0.3 is 14.6 Å². The largest absolute Gasteiger partial charge is 0.395 e. The van der Waals surface area contributed by atoms with Crippen molar-refractivity contribution in [3.05, 3.63) is 35.9 Å².